The van der Waals surface area contributed by atoms with Crippen LogP contribution in [0.15, 0.2) is 0 Å². The summed E-state index contributed by atoms with van der Waals surface area (Å²) in [6, 6.07) is 0.904. The van der Waals surface area contributed by atoms with Crippen molar-refractivity contribution in [3.05, 3.63) is 0 Å². The monoisotopic (exact) mass is 221 g/mol. The van der Waals surface area contributed by atoms with E-state index in [0.29, 0.717) is 0 Å². The van der Waals surface area contributed by atoms with E-state index in [1.54, 1.807) is 12.8 Å². The lowest BCUT2D eigenvalue weighted by Crippen LogP contribution is -2.42. The Morgan fingerprint density at radius 1 is 1.00 bits per heavy atom. The molecule has 3 aliphatic rings. The first-order valence-corrected chi connectivity index (χ1v) is 7.65. The highest BCUT2D eigenvalue weighted by Gasteiger charge is 2.55. The summed E-state index contributed by atoms with van der Waals surface area (Å²) < 4.78 is 0. The first kappa shape index (κ1) is 11.1. The molecule has 3 saturated carbocycles. The number of hydrogen-bond donors (Lipinski definition) is 1. The Balaban J connectivity index is 1.59. The van der Waals surface area contributed by atoms with Crippen LogP contribution in [0.3, 0.4) is 0 Å². The van der Waals surface area contributed by atoms with E-state index < -0.39 is 0 Å². The molecule has 0 aliphatic heterocycles. The summed E-state index contributed by atoms with van der Waals surface area (Å²) in [6.07, 6.45) is 11.9. The zero-order chi connectivity index (χ0) is 11.0. The van der Waals surface area contributed by atoms with Crippen molar-refractivity contribution in [3.63, 3.8) is 0 Å². The predicted molar refractivity (Wildman–Crippen MR) is 68.4 cm³/mol. The molecule has 3 fully saturated rings. The Bertz CT molecular complexity index is 222. The van der Waals surface area contributed by atoms with Gasteiger partial charge in [-0.25, -0.2) is 0 Å². The summed E-state index contributed by atoms with van der Waals surface area (Å²) in [5.74, 6) is 4.38. The average Bonchev–Trinajstić information content (AvgIpc) is 2.95. The van der Waals surface area contributed by atoms with Gasteiger partial charge in [0.05, 0.1) is 0 Å². The first-order valence-electron chi connectivity index (χ1n) is 7.65. The van der Waals surface area contributed by atoms with Gasteiger partial charge in [-0.3, -0.25) is 0 Å². The van der Waals surface area contributed by atoms with E-state index in [-0.39, 0.29) is 0 Å². The molecule has 0 saturated heterocycles. The molecule has 3 unspecified atom stereocenters. The molecule has 0 aromatic rings. The van der Waals surface area contributed by atoms with Crippen LogP contribution < -0.4 is 5.32 Å². The summed E-state index contributed by atoms with van der Waals surface area (Å²) in [7, 11) is 0. The molecule has 92 valence electrons. The van der Waals surface area contributed by atoms with Crippen LogP contribution >= 0.6 is 0 Å². The van der Waals surface area contributed by atoms with Gasteiger partial charge in [0.2, 0.25) is 0 Å². The molecule has 0 aromatic heterocycles. The van der Waals surface area contributed by atoms with Crippen LogP contribution in [0.5, 0.6) is 0 Å². The molecule has 0 aromatic carbocycles. The van der Waals surface area contributed by atoms with Gasteiger partial charge in [0.1, 0.15) is 0 Å². The molecule has 3 atom stereocenters. The normalized spacial score (nSPS) is 39.9. The summed E-state index contributed by atoms with van der Waals surface area (Å²) >= 11 is 0. The lowest BCUT2D eigenvalue weighted by molar-refractivity contribution is 0.201. The number of fused-ring (bicyclic) bond motifs is 1. The van der Waals surface area contributed by atoms with Crippen molar-refractivity contribution in [2.24, 2.45) is 23.7 Å². The van der Waals surface area contributed by atoms with Gasteiger partial charge in [-0.1, -0.05) is 26.2 Å². The molecule has 3 rings (SSSR count). The van der Waals surface area contributed by atoms with E-state index in [1.165, 1.54) is 45.1 Å². The van der Waals surface area contributed by atoms with Crippen LogP contribution in [0.1, 0.15) is 58.3 Å². The number of nitrogens with one attached hydrogen (secondary N) is 1. The Kier molecular flexibility index (Phi) is 3.24. The fourth-order valence-electron chi connectivity index (χ4n) is 4.31. The number of rotatable bonds is 5. The van der Waals surface area contributed by atoms with E-state index in [1.807, 2.05) is 0 Å². The van der Waals surface area contributed by atoms with Gasteiger partial charge in [-0.2, -0.15) is 0 Å². The molecule has 0 radical (unpaired) electrons. The summed E-state index contributed by atoms with van der Waals surface area (Å²) in [6.45, 7) is 3.54. The largest absolute Gasteiger partial charge is 0.313 e. The third-order valence-corrected chi connectivity index (χ3v) is 5.43. The van der Waals surface area contributed by atoms with Crippen LogP contribution in [-0.4, -0.2) is 12.6 Å². The molecule has 16 heavy (non-hydrogen) atoms. The molecule has 3 aliphatic carbocycles. The fraction of sp³-hybridized carbons (Fsp3) is 1.00. The van der Waals surface area contributed by atoms with E-state index in [0.717, 1.165) is 29.7 Å². The van der Waals surface area contributed by atoms with Crippen molar-refractivity contribution >= 4 is 0 Å². The molecule has 1 nitrogen and oxygen atoms in total. The van der Waals surface area contributed by atoms with Gasteiger partial charge in [0.15, 0.2) is 0 Å². The average molecular weight is 221 g/mol. The van der Waals surface area contributed by atoms with Gasteiger partial charge in [-0.05, 0) is 62.3 Å². The highest BCUT2D eigenvalue weighted by Crippen LogP contribution is 2.59. The zero-order valence-corrected chi connectivity index (χ0v) is 10.8. The molecular formula is C15H27N. The third kappa shape index (κ3) is 1.92. The molecule has 0 bridgehead atoms. The standard InChI is InChI=1S/C15H27N/c1-2-10-16-15(11-6-5-7-11)14-12-8-3-4-9-13(12)14/h11-16H,2-10H2,1H3. The highest BCUT2D eigenvalue weighted by atomic mass is 15.0. The van der Waals surface area contributed by atoms with Crippen molar-refractivity contribution in [2.45, 2.75) is 64.3 Å². The second-order valence-electron chi connectivity index (χ2n) is 6.36. The minimum absolute atomic E-state index is 0.904. The maximum Gasteiger partial charge on any atom is 0.0129 e. The lowest BCUT2D eigenvalue weighted by atomic mass is 9.77. The molecule has 0 spiro atoms. The Morgan fingerprint density at radius 2 is 1.69 bits per heavy atom. The lowest BCUT2D eigenvalue weighted by Gasteiger charge is -2.35. The van der Waals surface area contributed by atoms with Crippen molar-refractivity contribution < 1.29 is 0 Å². The second-order valence-corrected chi connectivity index (χ2v) is 6.36. The Hall–Kier alpha value is -0.0400. The molecule has 1 heteroatoms. The van der Waals surface area contributed by atoms with Gasteiger partial charge in [0, 0.05) is 6.04 Å². The molecule has 0 heterocycles. The van der Waals surface area contributed by atoms with Gasteiger partial charge >= 0.3 is 0 Å². The van der Waals surface area contributed by atoms with Crippen molar-refractivity contribution in [1.29, 1.82) is 0 Å². The fourth-order valence-corrected chi connectivity index (χ4v) is 4.31. The molecular weight excluding hydrogens is 194 g/mol. The summed E-state index contributed by atoms with van der Waals surface area (Å²) in [5.41, 5.74) is 0. The molecule has 0 amide bonds. The van der Waals surface area contributed by atoms with Crippen LogP contribution in [0.2, 0.25) is 0 Å². The maximum absolute atomic E-state index is 3.89. The molecule has 1 N–H and O–H groups in total. The van der Waals surface area contributed by atoms with Crippen LogP contribution in [0.25, 0.3) is 0 Å². The van der Waals surface area contributed by atoms with Crippen LogP contribution in [-0.2, 0) is 0 Å². The first-order chi connectivity index (χ1) is 7.92. The zero-order valence-electron chi connectivity index (χ0n) is 10.8. The SMILES string of the molecule is CCCNC(C1CCC1)C1C2CCCCC21. The maximum atomic E-state index is 3.89. The summed E-state index contributed by atoms with van der Waals surface area (Å²) in [4.78, 5) is 0. The quantitative estimate of drug-likeness (QED) is 0.748. The van der Waals surface area contributed by atoms with Crippen LogP contribution in [0, 0.1) is 23.7 Å². The van der Waals surface area contributed by atoms with Gasteiger partial charge in [-0.15, -0.1) is 0 Å². The summed E-state index contributed by atoms with van der Waals surface area (Å²) in [5, 5.41) is 3.89. The Morgan fingerprint density at radius 3 is 2.19 bits per heavy atom. The minimum atomic E-state index is 0.904. The number of hydrogen-bond acceptors (Lipinski definition) is 1. The second kappa shape index (κ2) is 4.68. The topological polar surface area (TPSA) is 12.0 Å². The van der Waals surface area contributed by atoms with E-state index in [2.05, 4.69) is 12.2 Å². The Labute approximate surface area is 100 Å². The third-order valence-electron chi connectivity index (χ3n) is 5.43. The van der Waals surface area contributed by atoms with Gasteiger partial charge < -0.3 is 5.32 Å². The van der Waals surface area contributed by atoms with Crippen LogP contribution in [0.4, 0.5) is 0 Å². The minimum Gasteiger partial charge on any atom is -0.313 e. The van der Waals surface area contributed by atoms with E-state index in [4.69, 9.17) is 0 Å². The van der Waals surface area contributed by atoms with E-state index in [9.17, 15) is 0 Å². The smallest absolute Gasteiger partial charge is 0.0129 e. The van der Waals surface area contributed by atoms with Crippen molar-refractivity contribution in [2.75, 3.05) is 6.54 Å². The van der Waals surface area contributed by atoms with Crippen molar-refractivity contribution in [1.82, 2.24) is 5.32 Å². The van der Waals surface area contributed by atoms with E-state index >= 15 is 0 Å². The highest BCUT2D eigenvalue weighted by molar-refractivity contribution is 5.07. The van der Waals surface area contributed by atoms with Gasteiger partial charge in [0.25, 0.3) is 0 Å². The van der Waals surface area contributed by atoms with Crippen molar-refractivity contribution in [3.8, 4) is 0 Å². The predicted octanol–water partition coefficient (Wildman–Crippen LogP) is 3.59.